The number of amides is 1. The number of ether oxygens (including phenoxy) is 2. The molecular formula is C29H36N4O3. The third-order valence-electron chi connectivity index (χ3n) is 7.63. The first-order valence-electron chi connectivity index (χ1n) is 13.2. The first-order chi connectivity index (χ1) is 17.6. The molecule has 7 nitrogen and oxygen atoms in total. The van der Waals surface area contributed by atoms with E-state index < -0.39 is 0 Å². The van der Waals surface area contributed by atoms with Crippen LogP contribution in [0.5, 0.6) is 11.6 Å². The van der Waals surface area contributed by atoms with Crippen LogP contribution in [0.2, 0.25) is 0 Å². The molecule has 1 aliphatic carbocycles. The zero-order valence-electron chi connectivity index (χ0n) is 21.3. The van der Waals surface area contributed by atoms with E-state index in [0.717, 1.165) is 23.7 Å². The van der Waals surface area contributed by atoms with Crippen LogP contribution in [-0.4, -0.2) is 36.1 Å². The summed E-state index contributed by atoms with van der Waals surface area (Å²) in [5.74, 6) is 3.59. The van der Waals surface area contributed by atoms with Crippen LogP contribution in [0.4, 0.5) is 5.82 Å². The number of anilines is 1. The van der Waals surface area contributed by atoms with Gasteiger partial charge >= 0.3 is 0 Å². The Morgan fingerprint density at radius 1 is 1.08 bits per heavy atom. The van der Waals surface area contributed by atoms with Crippen LogP contribution in [0, 0.1) is 11.8 Å². The highest BCUT2D eigenvalue weighted by Crippen LogP contribution is 2.36. The second kappa shape index (κ2) is 11.2. The van der Waals surface area contributed by atoms with Gasteiger partial charge in [-0.25, -0.2) is 9.97 Å². The standard InChI is InChI=1S/C29H36N4O3/c1-19(24-8-4-7-22-11-14-27(35-2)33-28(22)24)15-20-5-3-6-21(10-9-20)16-30-17-23-12-13-25-29(31-23)32-26(34)18-36-25/h4,7-8,11-14,19-21,30H,3,5-6,9-10,15-18H2,1-2H3,(H,31,32,34). The number of hydrogen-bond acceptors (Lipinski definition) is 6. The Bertz CT molecular complexity index is 1210. The number of nitrogens with one attached hydrogen (secondary N) is 2. The summed E-state index contributed by atoms with van der Waals surface area (Å²) in [6.45, 7) is 4.09. The van der Waals surface area contributed by atoms with Crippen LogP contribution in [0.15, 0.2) is 42.5 Å². The predicted molar refractivity (Wildman–Crippen MR) is 141 cm³/mol. The van der Waals surface area contributed by atoms with Crippen molar-refractivity contribution in [2.75, 3.05) is 25.6 Å². The van der Waals surface area contributed by atoms with Gasteiger partial charge in [-0.15, -0.1) is 0 Å². The van der Waals surface area contributed by atoms with Gasteiger partial charge in [-0.1, -0.05) is 44.4 Å². The number of aromatic nitrogens is 2. The molecule has 1 saturated carbocycles. The fourth-order valence-electron chi connectivity index (χ4n) is 5.69. The van der Waals surface area contributed by atoms with E-state index in [4.69, 9.17) is 14.5 Å². The molecule has 0 radical (unpaired) electrons. The Morgan fingerprint density at radius 2 is 1.94 bits per heavy atom. The number of benzene rings is 1. The Kier molecular flexibility index (Phi) is 7.66. The second-order valence-electron chi connectivity index (χ2n) is 10.3. The van der Waals surface area contributed by atoms with E-state index in [1.807, 2.05) is 18.2 Å². The lowest BCUT2D eigenvalue weighted by molar-refractivity contribution is -0.118. The molecule has 3 unspecified atom stereocenters. The normalized spacial score (nSPS) is 20.7. The van der Waals surface area contributed by atoms with E-state index in [1.165, 1.54) is 49.5 Å². The van der Waals surface area contributed by atoms with Gasteiger partial charge in [0, 0.05) is 18.0 Å². The van der Waals surface area contributed by atoms with Gasteiger partial charge in [0.1, 0.15) is 0 Å². The van der Waals surface area contributed by atoms with Gasteiger partial charge in [-0.05, 0) is 67.3 Å². The molecule has 1 aliphatic heterocycles. The lowest BCUT2D eigenvalue weighted by Crippen LogP contribution is -2.27. The lowest BCUT2D eigenvalue weighted by atomic mass is 9.85. The van der Waals surface area contributed by atoms with Crippen molar-refractivity contribution in [3.8, 4) is 11.6 Å². The fraction of sp³-hybridized carbons (Fsp3) is 0.483. The Hall–Kier alpha value is -3.19. The number of nitrogens with zero attached hydrogens (tertiary/aromatic N) is 2. The summed E-state index contributed by atoms with van der Waals surface area (Å²) in [5.41, 5.74) is 3.31. The van der Waals surface area contributed by atoms with Crippen LogP contribution in [-0.2, 0) is 11.3 Å². The first-order valence-corrected chi connectivity index (χ1v) is 13.2. The van der Waals surface area contributed by atoms with Crippen molar-refractivity contribution in [2.24, 2.45) is 11.8 Å². The van der Waals surface area contributed by atoms with E-state index in [9.17, 15) is 4.79 Å². The molecule has 2 aromatic heterocycles. The summed E-state index contributed by atoms with van der Waals surface area (Å²) in [6, 6.07) is 14.4. The summed E-state index contributed by atoms with van der Waals surface area (Å²) < 4.78 is 10.8. The molecule has 1 amide bonds. The van der Waals surface area contributed by atoms with Gasteiger partial charge in [0.15, 0.2) is 18.2 Å². The zero-order chi connectivity index (χ0) is 24.9. The van der Waals surface area contributed by atoms with Gasteiger partial charge in [-0.2, -0.15) is 0 Å². The number of para-hydroxylation sites is 1. The van der Waals surface area contributed by atoms with Crippen molar-refractivity contribution < 1.29 is 14.3 Å². The molecule has 1 fully saturated rings. The van der Waals surface area contributed by atoms with Crippen molar-refractivity contribution in [3.05, 3.63) is 53.7 Å². The van der Waals surface area contributed by atoms with E-state index in [-0.39, 0.29) is 12.5 Å². The highest BCUT2D eigenvalue weighted by molar-refractivity contribution is 5.94. The molecule has 7 heteroatoms. The van der Waals surface area contributed by atoms with Gasteiger partial charge in [0.05, 0.1) is 18.3 Å². The third-order valence-corrected chi connectivity index (χ3v) is 7.63. The summed E-state index contributed by atoms with van der Waals surface area (Å²) >= 11 is 0. The Morgan fingerprint density at radius 3 is 2.83 bits per heavy atom. The van der Waals surface area contributed by atoms with Crippen LogP contribution in [0.1, 0.15) is 62.6 Å². The third kappa shape index (κ3) is 5.78. The van der Waals surface area contributed by atoms with Crippen LogP contribution in [0.3, 0.4) is 0 Å². The van der Waals surface area contributed by atoms with Gasteiger partial charge in [0.2, 0.25) is 5.88 Å². The minimum Gasteiger partial charge on any atom is -0.481 e. The molecule has 5 rings (SSSR count). The second-order valence-corrected chi connectivity index (χ2v) is 10.3. The van der Waals surface area contributed by atoms with E-state index in [1.54, 1.807) is 7.11 Å². The number of carbonyl (C=O) groups is 1. The minimum absolute atomic E-state index is 0.0569. The van der Waals surface area contributed by atoms with E-state index >= 15 is 0 Å². The number of pyridine rings is 2. The number of fused-ring (bicyclic) bond motifs is 2. The fourth-order valence-corrected chi connectivity index (χ4v) is 5.69. The SMILES string of the molecule is COc1ccc2cccc(C(C)CC3CCCC(CNCc4ccc5c(n4)NC(=O)CO5)CC3)c2n1. The molecule has 0 bridgehead atoms. The van der Waals surface area contributed by atoms with Crippen molar-refractivity contribution in [1.82, 2.24) is 15.3 Å². The molecule has 1 aromatic carbocycles. The molecule has 2 aliphatic rings. The summed E-state index contributed by atoms with van der Waals surface area (Å²) in [7, 11) is 1.68. The van der Waals surface area contributed by atoms with E-state index in [2.05, 4.69) is 46.8 Å². The van der Waals surface area contributed by atoms with Crippen LogP contribution in [0.25, 0.3) is 10.9 Å². The van der Waals surface area contributed by atoms with Crippen LogP contribution >= 0.6 is 0 Å². The van der Waals surface area contributed by atoms with Gasteiger partial charge in [-0.3, -0.25) is 4.79 Å². The van der Waals surface area contributed by atoms with Gasteiger partial charge in [0.25, 0.3) is 5.91 Å². The molecule has 2 N–H and O–H groups in total. The number of rotatable bonds is 8. The average Bonchev–Trinajstić information content (AvgIpc) is 3.12. The summed E-state index contributed by atoms with van der Waals surface area (Å²) in [4.78, 5) is 20.8. The molecule has 0 saturated heterocycles. The maximum absolute atomic E-state index is 11.5. The topological polar surface area (TPSA) is 85.4 Å². The first kappa shape index (κ1) is 24.5. The van der Waals surface area contributed by atoms with Crippen molar-refractivity contribution in [3.63, 3.8) is 0 Å². The maximum atomic E-state index is 11.5. The quantitative estimate of drug-likeness (QED) is 0.410. The molecule has 0 spiro atoms. The molecular weight excluding hydrogens is 452 g/mol. The van der Waals surface area contributed by atoms with E-state index in [0.29, 0.717) is 35.8 Å². The summed E-state index contributed by atoms with van der Waals surface area (Å²) in [6.07, 6.45) is 7.59. The Labute approximate surface area is 213 Å². The van der Waals surface area contributed by atoms with Crippen molar-refractivity contribution >= 4 is 22.6 Å². The lowest BCUT2D eigenvalue weighted by Gasteiger charge is -2.21. The number of methoxy groups -OCH3 is 1. The molecule has 190 valence electrons. The number of hydrogen-bond donors (Lipinski definition) is 2. The molecule has 3 atom stereocenters. The predicted octanol–water partition coefficient (Wildman–Crippen LogP) is 5.45. The minimum atomic E-state index is -0.154. The van der Waals surface area contributed by atoms with Crippen LogP contribution < -0.4 is 20.1 Å². The van der Waals surface area contributed by atoms with Crippen molar-refractivity contribution in [1.29, 1.82) is 0 Å². The smallest absolute Gasteiger partial charge is 0.263 e. The highest BCUT2D eigenvalue weighted by atomic mass is 16.5. The average molecular weight is 489 g/mol. The zero-order valence-corrected chi connectivity index (χ0v) is 21.3. The maximum Gasteiger partial charge on any atom is 0.263 e. The Balaban J connectivity index is 1.12. The molecule has 3 heterocycles. The molecule has 3 aromatic rings. The largest absolute Gasteiger partial charge is 0.481 e. The van der Waals surface area contributed by atoms with Gasteiger partial charge < -0.3 is 20.1 Å². The summed E-state index contributed by atoms with van der Waals surface area (Å²) in [5, 5.41) is 7.55. The molecule has 36 heavy (non-hydrogen) atoms. The van der Waals surface area contributed by atoms with Crippen molar-refractivity contribution in [2.45, 2.75) is 57.9 Å². The highest BCUT2D eigenvalue weighted by Gasteiger charge is 2.22. The number of carbonyl (C=O) groups excluding carboxylic acids is 1. The monoisotopic (exact) mass is 488 g/mol.